The molecule has 3 rings (SSSR count). The number of hydrogen-bond donors (Lipinski definition) is 1. The van der Waals surface area contributed by atoms with Crippen LogP contribution in [0.3, 0.4) is 0 Å². The summed E-state index contributed by atoms with van der Waals surface area (Å²) < 4.78 is 4.53. The van der Waals surface area contributed by atoms with E-state index in [1.54, 1.807) is 0 Å². The largest absolute Gasteiger partial charge is 0.468 e. The molecule has 1 atom stereocenters. The standard InChI is InChI=1S/C15H16N2O4/c1-21-12(18)9-17-13(19)15(16-14(17)20)7-6-10-4-2-3-5-11(10)8-15/h2-5H,6-9H2,1H3,(H,16,20). The van der Waals surface area contributed by atoms with Gasteiger partial charge in [0.2, 0.25) is 0 Å². The van der Waals surface area contributed by atoms with Gasteiger partial charge < -0.3 is 10.1 Å². The number of methoxy groups -OCH3 is 1. The van der Waals surface area contributed by atoms with E-state index in [-0.39, 0.29) is 12.5 Å². The molecule has 6 heteroatoms. The molecular formula is C15H16N2O4. The normalized spacial score (nSPS) is 24.0. The zero-order valence-corrected chi connectivity index (χ0v) is 11.7. The fourth-order valence-electron chi connectivity index (χ4n) is 3.04. The molecule has 0 saturated carbocycles. The average Bonchev–Trinajstić information content (AvgIpc) is 2.71. The highest BCUT2D eigenvalue weighted by molar-refractivity contribution is 6.09. The molecule has 110 valence electrons. The summed E-state index contributed by atoms with van der Waals surface area (Å²) in [4.78, 5) is 36.9. The van der Waals surface area contributed by atoms with Gasteiger partial charge in [-0.2, -0.15) is 0 Å². The van der Waals surface area contributed by atoms with Gasteiger partial charge in [-0.25, -0.2) is 4.79 Å². The van der Waals surface area contributed by atoms with Crippen molar-refractivity contribution < 1.29 is 19.1 Å². The molecule has 1 N–H and O–H groups in total. The van der Waals surface area contributed by atoms with Crippen LogP contribution in [0, 0.1) is 0 Å². The Hall–Kier alpha value is -2.37. The molecule has 1 aromatic rings. The Morgan fingerprint density at radius 2 is 2.05 bits per heavy atom. The number of urea groups is 1. The molecule has 2 aliphatic rings. The van der Waals surface area contributed by atoms with E-state index in [1.807, 2.05) is 24.3 Å². The van der Waals surface area contributed by atoms with Crippen LogP contribution in [-0.2, 0) is 27.2 Å². The van der Waals surface area contributed by atoms with Crippen molar-refractivity contribution in [1.29, 1.82) is 0 Å². The van der Waals surface area contributed by atoms with Crippen LogP contribution in [0.25, 0.3) is 0 Å². The number of nitrogens with one attached hydrogen (secondary N) is 1. The van der Waals surface area contributed by atoms with Crippen molar-refractivity contribution in [3.05, 3.63) is 35.4 Å². The number of imide groups is 1. The van der Waals surface area contributed by atoms with Crippen LogP contribution < -0.4 is 5.32 Å². The number of fused-ring (bicyclic) bond motifs is 1. The van der Waals surface area contributed by atoms with E-state index in [4.69, 9.17) is 0 Å². The molecule has 1 unspecified atom stereocenters. The summed E-state index contributed by atoms with van der Waals surface area (Å²) in [5.41, 5.74) is 1.35. The Labute approximate surface area is 122 Å². The lowest BCUT2D eigenvalue weighted by molar-refractivity contribution is -0.145. The van der Waals surface area contributed by atoms with Crippen molar-refractivity contribution in [2.45, 2.75) is 24.8 Å². The number of benzene rings is 1. The van der Waals surface area contributed by atoms with Crippen molar-refractivity contribution >= 4 is 17.9 Å². The van der Waals surface area contributed by atoms with Crippen LogP contribution in [0.2, 0.25) is 0 Å². The Morgan fingerprint density at radius 3 is 2.76 bits per heavy atom. The summed E-state index contributed by atoms with van der Waals surface area (Å²) in [6.07, 6.45) is 1.74. The van der Waals surface area contributed by atoms with Crippen molar-refractivity contribution in [2.75, 3.05) is 13.7 Å². The third kappa shape index (κ3) is 2.16. The molecule has 0 bridgehead atoms. The molecule has 0 aromatic heterocycles. The van der Waals surface area contributed by atoms with E-state index < -0.39 is 17.5 Å². The van der Waals surface area contributed by atoms with Gasteiger partial charge in [0.05, 0.1) is 7.11 Å². The summed E-state index contributed by atoms with van der Waals surface area (Å²) in [7, 11) is 1.23. The number of esters is 1. The fraction of sp³-hybridized carbons (Fsp3) is 0.400. The SMILES string of the molecule is COC(=O)CN1C(=O)NC2(CCc3ccccc3C2)C1=O. The van der Waals surface area contributed by atoms with Crippen LogP contribution >= 0.6 is 0 Å². The predicted molar refractivity (Wildman–Crippen MR) is 73.5 cm³/mol. The first-order chi connectivity index (χ1) is 10.1. The minimum Gasteiger partial charge on any atom is -0.468 e. The minimum absolute atomic E-state index is 0.340. The van der Waals surface area contributed by atoms with Gasteiger partial charge in [-0.15, -0.1) is 0 Å². The van der Waals surface area contributed by atoms with Gasteiger partial charge in [-0.3, -0.25) is 14.5 Å². The Kier molecular flexibility index (Phi) is 3.16. The molecule has 1 heterocycles. The third-order valence-corrected chi connectivity index (χ3v) is 4.19. The van der Waals surface area contributed by atoms with Crippen LogP contribution in [-0.4, -0.2) is 42.0 Å². The van der Waals surface area contributed by atoms with Gasteiger partial charge in [0.25, 0.3) is 5.91 Å². The maximum Gasteiger partial charge on any atom is 0.325 e. The van der Waals surface area contributed by atoms with Crippen molar-refractivity contribution in [2.24, 2.45) is 0 Å². The smallest absolute Gasteiger partial charge is 0.325 e. The summed E-state index contributed by atoms with van der Waals surface area (Å²) in [5, 5.41) is 2.77. The van der Waals surface area contributed by atoms with Gasteiger partial charge in [-0.05, 0) is 24.0 Å². The van der Waals surface area contributed by atoms with Gasteiger partial charge in [0, 0.05) is 6.42 Å². The van der Waals surface area contributed by atoms with Crippen LogP contribution in [0.4, 0.5) is 4.79 Å². The maximum absolute atomic E-state index is 12.6. The van der Waals surface area contributed by atoms with E-state index in [2.05, 4.69) is 10.1 Å². The third-order valence-electron chi connectivity index (χ3n) is 4.19. The first-order valence-electron chi connectivity index (χ1n) is 6.83. The van der Waals surface area contributed by atoms with E-state index in [9.17, 15) is 14.4 Å². The lowest BCUT2D eigenvalue weighted by Crippen LogP contribution is -2.51. The maximum atomic E-state index is 12.6. The molecule has 1 saturated heterocycles. The summed E-state index contributed by atoms with van der Waals surface area (Å²) in [6.45, 7) is -0.343. The Balaban J connectivity index is 1.86. The number of ether oxygens (including phenoxy) is 1. The number of hydrogen-bond acceptors (Lipinski definition) is 4. The average molecular weight is 288 g/mol. The van der Waals surface area contributed by atoms with E-state index in [0.717, 1.165) is 16.9 Å². The predicted octanol–water partition coefficient (Wildman–Crippen LogP) is 0.639. The topological polar surface area (TPSA) is 75.7 Å². The zero-order chi connectivity index (χ0) is 15.0. The second kappa shape index (κ2) is 4.87. The molecule has 0 radical (unpaired) electrons. The van der Waals surface area contributed by atoms with Crippen molar-refractivity contribution in [3.63, 3.8) is 0 Å². The van der Waals surface area contributed by atoms with Gasteiger partial charge >= 0.3 is 12.0 Å². The Morgan fingerprint density at radius 1 is 1.33 bits per heavy atom. The fourth-order valence-corrected chi connectivity index (χ4v) is 3.04. The second-order valence-electron chi connectivity index (χ2n) is 5.43. The number of aryl methyl sites for hydroxylation is 1. The summed E-state index contributed by atoms with van der Waals surface area (Å²) >= 11 is 0. The summed E-state index contributed by atoms with van der Waals surface area (Å²) in [6, 6.07) is 7.37. The molecule has 1 aromatic carbocycles. The minimum atomic E-state index is -0.917. The number of carbonyl (C=O) groups excluding carboxylic acids is 3. The number of nitrogens with zero attached hydrogens (tertiary/aromatic N) is 1. The molecule has 1 spiro atoms. The molecule has 3 amide bonds. The number of amides is 3. The highest BCUT2D eigenvalue weighted by Crippen LogP contribution is 2.33. The quantitative estimate of drug-likeness (QED) is 0.640. The van der Waals surface area contributed by atoms with E-state index in [1.165, 1.54) is 12.7 Å². The molecule has 1 fully saturated rings. The molecule has 1 aliphatic carbocycles. The monoisotopic (exact) mass is 288 g/mol. The van der Waals surface area contributed by atoms with Crippen molar-refractivity contribution in [3.8, 4) is 0 Å². The highest BCUT2D eigenvalue weighted by atomic mass is 16.5. The molecular weight excluding hydrogens is 272 g/mol. The molecule has 6 nitrogen and oxygen atoms in total. The lowest BCUT2D eigenvalue weighted by atomic mass is 9.78. The van der Waals surface area contributed by atoms with Crippen molar-refractivity contribution in [1.82, 2.24) is 10.2 Å². The van der Waals surface area contributed by atoms with E-state index in [0.29, 0.717) is 12.8 Å². The van der Waals surface area contributed by atoms with Gasteiger partial charge in [0.15, 0.2) is 0 Å². The van der Waals surface area contributed by atoms with Crippen LogP contribution in [0.5, 0.6) is 0 Å². The number of carbonyl (C=O) groups is 3. The summed E-state index contributed by atoms with van der Waals surface area (Å²) in [5.74, 6) is -0.945. The zero-order valence-electron chi connectivity index (χ0n) is 11.7. The first-order valence-corrected chi connectivity index (χ1v) is 6.83. The van der Waals surface area contributed by atoms with Gasteiger partial charge in [0.1, 0.15) is 12.1 Å². The van der Waals surface area contributed by atoms with Crippen LogP contribution in [0.15, 0.2) is 24.3 Å². The second-order valence-corrected chi connectivity index (χ2v) is 5.43. The molecule has 1 aliphatic heterocycles. The number of rotatable bonds is 2. The van der Waals surface area contributed by atoms with Crippen LogP contribution in [0.1, 0.15) is 17.5 Å². The highest BCUT2D eigenvalue weighted by Gasteiger charge is 2.52. The Bertz CT molecular complexity index is 628. The van der Waals surface area contributed by atoms with E-state index >= 15 is 0 Å². The van der Waals surface area contributed by atoms with Gasteiger partial charge in [-0.1, -0.05) is 24.3 Å². The molecule has 21 heavy (non-hydrogen) atoms. The lowest BCUT2D eigenvalue weighted by Gasteiger charge is -2.32. The first kappa shape index (κ1) is 13.6.